The zero-order valence-corrected chi connectivity index (χ0v) is 19.0. The fourth-order valence-electron chi connectivity index (χ4n) is 2.93. The number of hydrogen-bond acceptors (Lipinski definition) is 8. The van der Waals surface area contributed by atoms with Crippen LogP contribution in [0.4, 0.5) is 16.0 Å². The quantitative estimate of drug-likeness (QED) is 0.383. The first-order valence-electron chi connectivity index (χ1n) is 10.2. The topological polar surface area (TPSA) is 140 Å². The molecule has 10 nitrogen and oxygen atoms in total. The van der Waals surface area contributed by atoms with Gasteiger partial charge in [0.1, 0.15) is 5.82 Å². The highest BCUT2D eigenvalue weighted by atomic mass is 32.2. The minimum Gasteiger partial charge on any atom is -0.339 e. The third-order valence-electron chi connectivity index (χ3n) is 4.97. The molecule has 0 bridgehead atoms. The van der Waals surface area contributed by atoms with E-state index in [4.69, 9.17) is 9.05 Å². The van der Waals surface area contributed by atoms with Gasteiger partial charge in [-0.25, -0.2) is 17.5 Å². The van der Waals surface area contributed by atoms with Crippen molar-refractivity contribution in [2.45, 2.75) is 31.6 Å². The Labute approximate surface area is 194 Å². The number of nitrogens with one attached hydrogen (secondary N) is 2. The van der Waals surface area contributed by atoms with Crippen LogP contribution in [-0.2, 0) is 21.2 Å². The molecule has 4 aromatic rings. The van der Waals surface area contributed by atoms with E-state index in [1.54, 1.807) is 13.8 Å². The van der Waals surface area contributed by atoms with Crippen LogP contribution in [0.3, 0.4) is 0 Å². The van der Waals surface area contributed by atoms with Crippen LogP contribution in [0, 0.1) is 19.7 Å². The molecule has 0 fully saturated rings. The van der Waals surface area contributed by atoms with E-state index in [0.717, 1.165) is 0 Å². The molecule has 1 amide bonds. The summed E-state index contributed by atoms with van der Waals surface area (Å²) < 4.78 is 50.6. The van der Waals surface area contributed by atoms with Crippen molar-refractivity contribution < 1.29 is 26.6 Å². The molecule has 0 radical (unpaired) electrons. The Kier molecular flexibility index (Phi) is 6.41. The molecule has 2 heterocycles. The normalized spacial score (nSPS) is 11.4. The molecule has 0 aliphatic rings. The van der Waals surface area contributed by atoms with Gasteiger partial charge in [0.05, 0.1) is 10.6 Å². The van der Waals surface area contributed by atoms with Gasteiger partial charge in [0.15, 0.2) is 0 Å². The van der Waals surface area contributed by atoms with Gasteiger partial charge in [0.2, 0.25) is 23.5 Å². The van der Waals surface area contributed by atoms with E-state index < -0.39 is 10.0 Å². The summed E-state index contributed by atoms with van der Waals surface area (Å²) in [5.41, 5.74) is 2.20. The van der Waals surface area contributed by atoms with Crippen molar-refractivity contribution in [3.63, 3.8) is 0 Å². The smallest absolute Gasteiger partial charge is 0.264 e. The molecule has 0 atom stereocenters. The molecule has 2 N–H and O–H groups in total. The Morgan fingerprint density at radius 1 is 1.00 bits per heavy atom. The van der Waals surface area contributed by atoms with E-state index in [-0.39, 0.29) is 41.2 Å². The van der Waals surface area contributed by atoms with Gasteiger partial charge >= 0.3 is 0 Å². The molecule has 0 unspecified atom stereocenters. The van der Waals surface area contributed by atoms with Crippen LogP contribution < -0.4 is 10.0 Å². The standard InChI is InChI=1S/C22H20FN5O5S/c1-13-14(2)26-33-22(13)28-34(30,31)18-9-7-17(8-10-18)24-19(29)11-12-20-25-21(27-32-20)15-3-5-16(23)6-4-15/h3-10,28H,11-12H2,1-2H3,(H,24,29). The summed E-state index contributed by atoms with van der Waals surface area (Å²) in [5, 5.41) is 10.2. The lowest BCUT2D eigenvalue weighted by atomic mass is 10.2. The summed E-state index contributed by atoms with van der Waals surface area (Å²) in [4.78, 5) is 16.5. The molecule has 176 valence electrons. The number of sulfonamides is 1. The molecule has 0 aliphatic carbocycles. The lowest BCUT2D eigenvalue weighted by molar-refractivity contribution is -0.116. The number of amides is 1. The second-order valence-corrected chi connectivity index (χ2v) is 9.10. The van der Waals surface area contributed by atoms with Crippen molar-refractivity contribution in [2.24, 2.45) is 0 Å². The zero-order chi connectivity index (χ0) is 24.3. The predicted octanol–water partition coefficient (Wildman–Crippen LogP) is 3.85. The maximum absolute atomic E-state index is 13.0. The number of halogens is 1. The SMILES string of the molecule is Cc1noc(NS(=O)(=O)c2ccc(NC(=O)CCc3nc(-c4ccc(F)cc4)no3)cc2)c1C. The Balaban J connectivity index is 1.32. The average Bonchev–Trinajstić information content (AvgIpc) is 3.41. The van der Waals surface area contributed by atoms with Gasteiger partial charge < -0.3 is 14.4 Å². The first-order valence-corrected chi connectivity index (χ1v) is 11.6. The third-order valence-corrected chi connectivity index (χ3v) is 6.32. The highest BCUT2D eigenvalue weighted by Crippen LogP contribution is 2.23. The molecular weight excluding hydrogens is 465 g/mol. The number of hydrogen-bond donors (Lipinski definition) is 2. The molecule has 0 spiro atoms. The Morgan fingerprint density at radius 3 is 2.35 bits per heavy atom. The maximum atomic E-state index is 13.0. The molecule has 0 saturated heterocycles. The van der Waals surface area contributed by atoms with Gasteiger partial charge in [0, 0.05) is 29.7 Å². The summed E-state index contributed by atoms with van der Waals surface area (Å²) in [6, 6.07) is 11.3. The van der Waals surface area contributed by atoms with Crippen LogP contribution in [-0.4, -0.2) is 29.6 Å². The molecule has 4 rings (SSSR count). The molecule has 2 aromatic carbocycles. The first kappa shape index (κ1) is 23.1. The molecular formula is C22H20FN5O5S. The molecule has 0 saturated carbocycles. The summed E-state index contributed by atoms with van der Waals surface area (Å²) in [6.45, 7) is 3.40. The Hall–Kier alpha value is -4.06. The lowest BCUT2D eigenvalue weighted by Crippen LogP contribution is -2.14. The number of aryl methyl sites for hydroxylation is 2. The van der Waals surface area contributed by atoms with Crippen molar-refractivity contribution in [1.82, 2.24) is 15.3 Å². The summed E-state index contributed by atoms with van der Waals surface area (Å²) in [6.07, 6.45) is 0.267. The molecule has 12 heteroatoms. The van der Waals surface area contributed by atoms with Gasteiger partial charge in [-0.2, -0.15) is 4.98 Å². The van der Waals surface area contributed by atoms with E-state index in [1.165, 1.54) is 48.5 Å². The van der Waals surface area contributed by atoms with E-state index >= 15 is 0 Å². The number of benzene rings is 2. The number of carbonyl (C=O) groups excluding carboxylic acids is 1. The summed E-state index contributed by atoms with van der Waals surface area (Å²) in [5.74, 6) is -0.0658. The van der Waals surface area contributed by atoms with Crippen LogP contribution in [0.5, 0.6) is 0 Å². The first-order chi connectivity index (χ1) is 16.2. The second kappa shape index (κ2) is 9.43. The number of rotatable bonds is 8. The van der Waals surface area contributed by atoms with Crippen molar-refractivity contribution in [3.8, 4) is 11.4 Å². The number of aromatic nitrogens is 3. The van der Waals surface area contributed by atoms with Crippen molar-refractivity contribution in [2.75, 3.05) is 10.0 Å². The van der Waals surface area contributed by atoms with Crippen LogP contribution >= 0.6 is 0 Å². The molecule has 2 aromatic heterocycles. The summed E-state index contributed by atoms with van der Waals surface area (Å²) in [7, 11) is -3.88. The van der Waals surface area contributed by atoms with Gasteiger partial charge in [-0.1, -0.05) is 10.3 Å². The van der Waals surface area contributed by atoms with Crippen LogP contribution in [0.1, 0.15) is 23.6 Å². The average molecular weight is 485 g/mol. The maximum Gasteiger partial charge on any atom is 0.264 e. The molecule has 0 aliphatic heterocycles. The van der Waals surface area contributed by atoms with E-state index in [1.807, 2.05) is 0 Å². The highest BCUT2D eigenvalue weighted by Gasteiger charge is 2.19. The fourth-order valence-corrected chi connectivity index (χ4v) is 3.97. The van der Waals surface area contributed by atoms with Crippen molar-refractivity contribution >= 4 is 27.5 Å². The second-order valence-electron chi connectivity index (χ2n) is 7.42. The van der Waals surface area contributed by atoms with Crippen molar-refractivity contribution in [1.29, 1.82) is 0 Å². The Morgan fingerprint density at radius 2 is 1.71 bits per heavy atom. The van der Waals surface area contributed by atoms with E-state index in [9.17, 15) is 17.6 Å². The fraction of sp³-hybridized carbons (Fsp3) is 0.182. The van der Waals surface area contributed by atoms with Gasteiger partial charge in [0.25, 0.3) is 10.0 Å². The Bertz CT molecular complexity index is 1410. The molecule has 34 heavy (non-hydrogen) atoms. The van der Waals surface area contributed by atoms with Gasteiger partial charge in [-0.3, -0.25) is 4.79 Å². The largest absolute Gasteiger partial charge is 0.339 e. The van der Waals surface area contributed by atoms with Crippen LogP contribution in [0.25, 0.3) is 11.4 Å². The predicted molar refractivity (Wildman–Crippen MR) is 120 cm³/mol. The number of nitrogens with zero attached hydrogens (tertiary/aromatic N) is 3. The van der Waals surface area contributed by atoms with E-state index in [0.29, 0.717) is 28.3 Å². The third kappa shape index (κ3) is 5.29. The monoisotopic (exact) mass is 485 g/mol. The number of anilines is 2. The zero-order valence-electron chi connectivity index (χ0n) is 18.2. The minimum absolute atomic E-state index is 0.00173. The van der Waals surface area contributed by atoms with Crippen molar-refractivity contribution in [3.05, 3.63) is 71.5 Å². The van der Waals surface area contributed by atoms with Gasteiger partial charge in [-0.05, 0) is 62.4 Å². The lowest BCUT2D eigenvalue weighted by Gasteiger charge is -2.08. The van der Waals surface area contributed by atoms with E-state index in [2.05, 4.69) is 25.3 Å². The number of carbonyl (C=O) groups is 1. The van der Waals surface area contributed by atoms with Crippen LogP contribution in [0.2, 0.25) is 0 Å². The minimum atomic E-state index is -3.88. The summed E-state index contributed by atoms with van der Waals surface area (Å²) >= 11 is 0. The highest BCUT2D eigenvalue weighted by molar-refractivity contribution is 7.92. The van der Waals surface area contributed by atoms with Crippen LogP contribution in [0.15, 0.2) is 62.5 Å². The van der Waals surface area contributed by atoms with Gasteiger partial charge in [-0.15, -0.1) is 0 Å².